The van der Waals surface area contributed by atoms with Gasteiger partial charge in [0, 0.05) is 24.6 Å². The molecular weight excluding hydrogens is 612 g/mol. The van der Waals surface area contributed by atoms with Crippen LogP contribution in [0.4, 0.5) is 0 Å². The number of rotatable bonds is 13. The van der Waals surface area contributed by atoms with E-state index in [0.717, 1.165) is 29.6 Å². The number of hydrogen-bond donors (Lipinski definition) is 0. The van der Waals surface area contributed by atoms with Crippen molar-refractivity contribution in [3.8, 4) is 5.75 Å². The van der Waals surface area contributed by atoms with E-state index in [9.17, 15) is 19.2 Å². The predicted octanol–water partition coefficient (Wildman–Crippen LogP) is 7.94. The van der Waals surface area contributed by atoms with E-state index in [4.69, 9.17) is 23.7 Å². The van der Waals surface area contributed by atoms with Crippen LogP contribution >= 0.6 is 0 Å². The molecule has 9 nitrogen and oxygen atoms in total. The third kappa shape index (κ3) is 14.0. The number of esters is 4. The van der Waals surface area contributed by atoms with Gasteiger partial charge in [-0.15, -0.1) is 0 Å². The number of benzene rings is 1. The molecule has 0 heterocycles. The van der Waals surface area contributed by atoms with Gasteiger partial charge >= 0.3 is 23.9 Å². The van der Waals surface area contributed by atoms with Gasteiger partial charge in [0.05, 0.1) is 6.10 Å². The average molecular weight is 667 g/mol. The minimum atomic E-state index is -0.622. The van der Waals surface area contributed by atoms with Gasteiger partial charge in [-0.25, -0.2) is 14.4 Å². The van der Waals surface area contributed by atoms with E-state index in [2.05, 4.69) is 26.3 Å². The summed E-state index contributed by atoms with van der Waals surface area (Å²) in [7, 11) is 0. The zero-order valence-corrected chi connectivity index (χ0v) is 29.6. The summed E-state index contributed by atoms with van der Waals surface area (Å²) >= 11 is 0. The summed E-state index contributed by atoms with van der Waals surface area (Å²) in [6, 6.07) is 7.15. The lowest BCUT2D eigenvalue weighted by Gasteiger charge is -2.53. The SMILES string of the molecule is C=C(C)C(=O)OCOC1C2CC3CC(C2)CC1C3.C=CC(=O)OC(C)(C)CCC(C)(C)OC(=O)C=C.C=Cc1ccc(OC(C)=O)cc1. The maximum Gasteiger partial charge on any atom is 0.335 e. The molecule has 0 saturated heterocycles. The Kier molecular flexibility index (Phi) is 15.5. The van der Waals surface area contributed by atoms with Crippen molar-refractivity contribution in [2.75, 3.05) is 6.79 Å². The van der Waals surface area contributed by atoms with Crippen LogP contribution in [0.1, 0.15) is 92.1 Å². The first-order valence-electron chi connectivity index (χ1n) is 16.5. The van der Waals surface area contributed by atoms with E-state index in [-0.39, 0.29) is 18.7 Å². The summed E-state index contributed by atoms with van der Waals surface area (Å²) in [6.07, 6.45) is 12.2. The zero-order chi connectivity index (χ0) is 36.1. The molecule has 0 aliphatic heterocycles. The Morgan fingerprint density at radius 1 is 0.771 bits per heavy atom. The highest BCUT2D eigenvalue weighted by Crippen LogP contribution is 2.54. The minimum absolute atomic E-state index is 0.0959. The third-order valence-corrected chi connectivity index (χ3v) is 8.73. The molecule has 5 rings (SSSR count). The molecule has 4 bridgehead atoms. The Balaban J connectivity index is 0.000000256. The topological polar surface area (TPSA) is 114 Å². The highest BCUT2D eigenvalue weighted by molar-refractivity contribution is 5.86. The molecule has 0 aromatic heterocycles. The molecule has 0 atom stereocenters. The van der Waals surface area contributed by atoms with Crippen LogP contribution in [-0.4, -0.2) is 48.0 Å². The number of carbonyl (C=O) groups excluding carboxylic acids is 4. The third-order valence-electron chi connectivity index (χ3n) is 8.73. The lowest BCUT2D eigenvalue weighted by molar-refractivity contribution is -0.183. The summed E-state index contributed by atoms with van der Waals surface area (Å²) in [4.78, 5) is 44.1. The Hall–Kier alpha value is -3.98. The molecule has 264 valence electrons. The fourth-order valence-corrected chi connectivity index (χ4v) is 6.61. The van der Waals surface area contributed by atoms with Crippen LogP contribution in [0.2, 0.25) is 0 Å². The minimum Gasteiger partial charge on any atom is -0.457 e. The highest BCUT2D eigenvalue weighted by Gasteiger charge is 2.48. The van der Waals surface area contributed by atoms with Gasteiger partial charge in [-0.1, -0.05) is 44.5 Å². The number of hydrogen-bond acceptors (Lipinski definition) is 9. The highest BCUT2D eigenvalue weighted by atomic mass is 16.7. The van der Waals surface area contributed by atoms with E-state index < -0.39 is 23.1 Å². The Morgan fingerprint density at radius 3 is 1.60 bits per heavy atom. The van der Waals surface area contributed by atoms with Crippen LogP contribution in [0.15, 0.2) is 68.3 Å². The molecule has 9 heteroatoms. The molecule has 1 aromatic rings. The standard InChI is InChI=1S/C15H22O3.C14H22O4.C10H10O2/c1-9(2)15(16)18-8-17-14-12-4-10-3-11(6-12)7-13(14)5-10;1-7-11(15)17-13(3,4)9-10-14(5,6)18-12(16)8-2;1-3-9-4-6-10(7-5-9)12-8(2)11/h10-14H,1,3-8H2,2H3;7-8H,1-2,9-10H2,3-6H3;3-7H,1H2,2H3. The molecule has 0 spiro atoms. The monoisotopic (exact) mass is 666 g/mol. The fourth-order valence-electron chi connectivity index (χ4n) is 6.61. The largest absolute Gasteiger partial charge is 0.457 e. The lowest BCUT2D eigenvalue weighted by atomic mass is 9.55. The first kappa shape index (κ1) is 40.2. The van der Waals surface area contributed by atoms with Gasteiger partial charge in [0.15, 0.2) is 6.79 Å². The predicted molar refractivity (Wildman–Crippen MR) is 186 cm³/mol. The van der Waals surface area contributed by atoms with Gasteiger partial charge in [0.1, 0.15) is 17.0 Å². The second-order valence-corrected chi connectivity index (χ2v) is 14.0. The van der Waals surface area contributed by atoms with Gasteiger partial charge in [0.25, 0.3) is 0 Å². The van der Waals surface area contributed by atoms with Gasteiger partial charge < -0.3 is 23.7 Å². The molecule has 0 amide bonds. The molecule has 1 aromatic carbocycles. The van der Waals surface area contributed by atoms with Crippen molar-refractivity contribution in [1.82, 2.24) is 0 Å². The van der Waals surface area contributed by atoms with Crippen LogP contribution in [0.3, 0.4) is 0 Å². The van der Waals surface area contributed by atoms with E-state index in [1.807, 2.05) is 12.1 Å². The van der Waals surface area contributed by atoms with Crippen LogP contribution in [0, 0.1) is 23.7 Å². The number of carbonyl (C=O) groups is 4. The van der Waals surface area contributed by atoms with Crippen LogP contribution in [0.5, 0.6) is 5.75 Å². The molecule has 48 heavy (non-hydrogen) atoms. The van der Waals surface area contributed by atoms with E-state index in [1.54, 1.807) is 52.8 Å². The van der Waals surface area contributed by atoms with Crippen molar-refractivity contribution in [3.05, 3.63) is 73.9 Å². The van der Waals surface area contributed by atoms with Crippen LogP contribution < -0.4 is 4.74 Å². The Morgan fingerprint density at radius 2 is 1.23 bits per heavy atom. The average Bonchev–Trinajstić information content (AvgIpc) is 3.01. The second kappa shape index (κ2) is 18.5. The Bertz CT molecular complexity index is 1240. The van der Waals surface area contributed by atoms with Crippen molar-refractivity contribution >= 4 is 30.0 Å². The van der Waals surface area contributed by atoms with Crippen LogP contribution in [0.25, 0.3) is 6.08 Å². The summed E-state index contributed by atoms with van der Waals surface area (Å²) in [5.41, 5.74) is 0.196. The van der Waals surface area contributed by atoms with Crippen molar-refractivity contribution < 1.29 is 42.9 Å². The van der Waals surface area contributed by atoms with Crippen LogP contribution in [-0.2, 0) is 38.1 Å². The van der Waals surface area contributed by atoms with Gasteiger partial charge in [-0.3, -0.25) is 4.79 Å². The maximum absolute atomic E-state index is 11.3. The molecule has 4 saturated carbocycles. The van der Waals surface area contributed by atoms with Crippen molar-refractivity contribution in [2.24, 2.45) is 23.7 Å². The first-order valence-corrected chi connectivity index (χ1v) is 16.5. The number of ether oxygens (including phenoxy) is 5. The van der Waals surface area contributed by atoms with Crippen molar-refractivity contribution in [3.63, 3.8) is 0 Å². The molecule has 0 radical (unpaired) electrons. The lowest BCUT2D eigenvalue weighted by Crippen LogP contribution is -2.49. The van der Waals surface area contributed by atoms with Gasteiger partial charge in [-0.05, 0) is 121 Å². The van der Waals surface area contributed by atoms with Gasteiger partial charge in [-0.2, -0.15) is 0 Å². The summed E-state index contributed by atoms with van der Waals surface area (Å²) < 4.78 is 26.1. The molecule has 4 aliphatic rings. The molecule has 4 fully saturated rings. The summed E-state index contributed by atoms with van der Waals surface area (Å²) in [5, 5.41) is 0. The van der Waals surface area contributed by atoms with E-state index >= 15 is 0 Å². The van der Waals surface area contributed by atoms with Crippen molar-refractivity contribution in [2.45, 2.75) is 104 Å². The van der Waals surface area contributed by atoms with Crippen molar-refractivity contribution in [1.29, 1.82) is 0 Å². The maximum atomic E-state index is 11.3. The Labute approximate surface area is 286 Å². The normalized spacial score (nSPS) is 21.9. The smallest absolute Gasteiger partial charge is 0.335 e. The zero-order valence-electron chi connectivity index (χ0n) is 29.6. The molecular formula is C39H54O9. The molecule has 0 N–H and O–H groups in total. The molecule has 4 aliphatic carbocycles. The second-order valence-electron chi connectivity index (χ2n) is 14.0. The quantitative estimate of drug-likeness (QED) is 0.0680. The van der Waals surface area contributed by atoms with Gasteiger partial charge in [0.2, 0.25) is 0 Å². The van der Waals surface area contributed by atoms with E-state index in [0.29, 0.717) is 42.1 Å². The molecule has 0 unspecified atom stereocenters. The van der Waals surface area contributed by atoms with E-state index in [1.165, 1.54) is 39.0 Å². The fraction of sp³-hybridized carbons (Fsp3) is 0.538. The first-order chi connectivity index (χ1) is 22.5. The summed E-state index contributed by atoms with van der Waals surface area (Å²) in [5.74, 6) is 2.32. The summed E-state index contributed by atoms with van der Waals surface area (Å²) in [6.45, 7) is 24.2.